The zero-order valence-electron chi connectivity index (χ0n) is 23.8. The molecule has 0 bridgehead atoms. The van der Waals surface area contributed by atoms with Crippen LogP contribution in [0.15, 0.2) is 121 Å². The van der Waals surface area contributed by atoms with E-state index in [-0.39, 0.29) is 0 Å². The Balaban J connectivity index is 1.30. The lowest BCUT2D eigenvalue weighted by Gasteiger charge is -2.22. The number of pyridine rings is 1. The first-order chi connectivity index (χ1) is 21.3. The Bertz CT molecular complexity index is 2620. The lowest BCUT2D eigenvalue weighted by Crippen LogP contribution is -2.04. The second kappa shape index (κ2) is 8.65. The average Bonchev–Trinajstić information content (AvgIpc) is 3.47. The van der Waals surface area contributed by atoms with E-state index in [0.29, 0.717) is 0 Å². The van der Waals surface area contributed by atoms with E-state index in [0.717, 1.165) is 16.7 Å². The van der Waals surface area contributed by atoms with Crippen molar-refractivity contribution < 1.29 is 0 Å². The minimum atomic E-state index is 1.02. The molecule has 43 heavy (non-hydrogen) atoms. The minimum Gasteiger partial charge on any atom is -0.292 e. The van der Waals surface area contributed by atoms with Crippen LogP contribution in [0.1, 0.15) is 24.0 Å². The van der Waals surface area contributed by atoms with Gasteiger partial charge in [0.05, 0.1) is 16.6 Å². The van der Waals surface area contributed by atoms with Gasteiger partial charge in [0, 0.05) is 10.8 Å². The van der Waals surface area contributed by atoms with Gasteiger partial charge in [-0.1, -0.05) is 97.1 Å². The number of fused-ring (bicyclic) bond motifs is 16. The molecule has 0 saturated carbocycles. The van der Waals surface area contributed by atoms with E-state index in [2.05, 4.69) is 126 Å². The molecule has 2 heterocycles. The summed E-state index contributed by atoms with van der Waals surface area (Å²) in [6.45, 7) is 0. The van der Waals surface area contributed by atoms with Gasteiger partial charge in [-0.2, -0.15) is 0 Å². The molecule has 0 N–H and O–H groups in total. The summed E-state index contributed by atoms with van der Waals surface area (Å²) in [5, 5.41) is 11.8. The fraction of sp³-hybridized carbons (Fsp3) is 0.0976. The van der Waals surface area contributed by atoms with E-state index in [1.165, 1.54) is 90.8 Å². The highest BCUT2D eigenvalue weighted by molar-refractivity contribution is 6.23. The normalized spacial score (nSPS) is 13.7. The topological polar surface area (TPSA) is 17.3 Å². The van der Waals surface area contributed by atoms with Gasteiger partial charge in [0.2, 0.25) is 0 Å². The van der Waals surface area contributed by atoms with E-state index in [1.807, 2.05) is 0 Å². The molecule has 9 aromatic rings. The number of benzene rings is 7. The van der Waals surface area contributed by atoms with Crippen molar-refractivity contribution in [1.29, 1.82) is 0 Å². The number of rotatable bonds is 1. The molecule has 202 valence electrons. The smallest absolute Gasteiger partial charge is 0.147 e. The molecule has 0 aliphatic heterocycles. The van der Waals surface area contributed by atoms with Crippen LogP contribution in [-0.2, 0) is 12.8 Å². The fourth-order valence-electron chi connectivity index (χ4n) is 7.99. The number of imidazole rings is 1. The van der Waals surface area contributed by atoms with Crippen LogP contribution in [0.4, 0.5) is 0 Å². The third kappa shape index (κ3) is 3.21. The first kappa shape index (κ1) is 23.4. The maximum absolute atomic E-state index is 5.23. The first-order valence-corrected chi connectivity index (χ1v) is 15.4. The van der Waals surface area contributed by atoms with Gasteiger partial charge in [0.15, 0.2) is 0 Å². The molecular formula is C41H28N2. The Hall–Kier alpha value is -5.21. The standard InChI is InChI=1S/C41H28N2/c1-2-10-28-25(9-1)17-22-35-34-21-19-27(24-39(34)43-38-16-8-7-15-37(38)42-41(43)40(28)35)26-18-20-33-31-13-4-3-11-29(31)30-12-5-6-14-32(30)36(33)23-26/h1-4,7-11,13,15-24H,5-6,12,14H2. The van der Waals surface area contributed by atoms with Crippen molar-refractivity contribution in [3.8, 4) is 11.1 Å². The Labute approximate surface area is 248 Å². The van der Waals surface area contributed by atoms with E-state index < -0.39 is 0 Å². The van der Waals surface area contributed by atoms with Crippen molar-refractivity contribution in [2.45, 2.75) is 25.7 Å². The Morgan fingerprint density at radius 2 is 1.12 bits per heavy atom. The molecule has 0 spiro atoms. The van der Waals surface area contributed by atoms with Gasteiger partial charge in [-0.15, -0.1) is 0 Å². The summed E-state index contributed by atoms with van der Waals surface area (Å²) >= 11 is 0. The predicted molar refractivity (Wildman–Crippen MR) is 182 cm³/mol. The third-order valence-corrected chi connectivity index (χ3v) is 9.93. The van der Waals surface area contributed by atoms with Crippen LogP contribution in [0.25, 0.3) is 81.8 Å². The van der Waals surface area contributed by atoms with Crippen molar-refractivity contribution in [2.24, 2.45) is 0 Å². The number of hydrogen-bond acceptors (Lipinski definition) is 1. The molecule has 1 aliphatic carbocycles. The summed E-state index contributed by atoms with van der Waals surface area (Å²) in [6, 6.07) is 44.9. The van der Waals surface area contributed by atoms with Crippen molar-refractivity contribution in [3.63, 3.8) is 0 Å². The van der Waals surface area contributed by atoms with Crippen LogP contribution in [0.2, 0.25) is 0 Å². The minimum absolute atomic E-state index is 1.02. The van der Waals surface area contributed by atoms with E-state index in [9.17, 15) is 0 Å². The number of nitrogens with zero attached hydrogens (tertiary/aromatic N) is 2. The molecule has 0 radical (unpaired) electrons. The molecule has 2 nitrogen and oxygen atoms in total. The van der Waals surface area contributed by atoms with Crippen LogP contribution in [0, 0.1) is 0 Å². The number of aromatic nitrogens is 2. The zero-order chi connectivity index (χ0) is 28.1. The fourth-order valence-corrected chi connectivity index (χ4v) is 7.99. The zero-order valence-corrected chi connectivity index (χ0v) is 23.8. The SMILES string of the molecule is c1ccc2c(c1)ccc1c3ccc(-c4ccc5c(c4)c4c(c6ccccc65)CCCC4)cc3n3c4ccccc4nc3c21. The van der Waals surface area contributed by atoms with Crippen LogP contribution >= 0.6 is 0 Å². The number of hydrogen-bond donors (Lipinski definition) is 0. The predicted octanol–water partition coefficient (Wildman–Crippen LogP) is 10.8. The number of aryl methyl sites for hydroxylation is 2. The maximum Gasteiger partial charge on any atom is 0.147 e. The summed E-state index contributed by atoms with van der Waals surface area (Å²) in [6.07, 6.45) is 4.90. The Kier molecular flexibility index (Phi) is 4.70. The largest absolute Gasteiger partial charge is 0.292 e. The van der Waals surface area contributed by atoms with E-state index in [1.54, 1.807) is 11.1 Å². The molecule has 10 rings (SSSR count). The van der Waals surface area contributed by atoms with Crippen LogP contribution in [0.3, 0.4) is 0 Å². The second-order valence-corrected chi connectivity index (χ2v) is 12.2. The van der Waals surface area contributed by atoms with Crippen LogP contribution in [0.5, 0.6) is 0 Å². The van der Waals surface area contributed by atoms with Gasteiger partial charge >= 0.3 is 0 Å². The van der Waals surface area contributed by atoms with Crippen LogP contribution < -0.4 is 0 Å². The molecule has 2 heteroatoms. The average molecular weight is 549 g/mol. The first-order valence-electron chi connectivity index (χ1n) is 15.4. The second-order valence-electron chi connectivity index (χ2n) is 12.2. The van der Waals surface area contributed by atoms with Crippen molar-refractivity contribution in [2.75, 3.05) is 0 Å². The highest BCUT2D eigenvalue weighted by Crippen LogP contribution is 2.41. The molecule has 0 unspecified atom stereocenters. The highest BCUT2D eigenvalue weighted by atomic mass is 15.0. The van der Waals surface area contributed by atoms with E-state index in [4.69, 9.17) is 4.98 Å². The molecule has 0 atom stereocenters. The number of para-hydroxylation sites is 2. The molecule has 0 amide bonds. The summed E-state index contributed by atoms with van der Waals surface area (Å²) in [5.41, 5.74) is 10.0. The van der Waals surface area contributed by atoms with Crippen molar-refractivity contribution in [3.05, 3.63) is 132 Å². The molecule has 2 aromatic heterocycles. The van der Waals surface area contributed by atoms with Crippen molar-refractivity contribution in [1.82, 2.24) is 9.38 Å². The molecule has 1 aliphatic rings. The van der Waals surface area contributed by atoms with Gasteiger partial charge in [-0.25, -0.2) is 4.98 Å². The molecule has 0 saturated heterocycles. The van der Waals surface area contributed by atoms with E-state index >= 15 is 0 Å². The molecular weight excluding hydrogens is 520 g/mol. The van der Waals surface area contributed by atoms with Gasteiger partial charge in [0.25, 0.3) is 0 Å². The lowest BCUT2D eigenvalue weighted by molar-refractivity contribution is 0.694. The van der Waals surface area contributed by atoms with Gasteiger partial charge < -0.3 is 0 Å². The third-order valence-electron chi connectivity index (χ3n) is 9.93. The van der Waals surface area contributed by atoms with Gasteiger partial charge in [-0.05, 0) is 110 Å². The maximum atomic E-state index is 5.23. The monoisotopic (exact) mass is 548 g/mol. The summed E-state index contributed by atoms with van der Waals surface area (Å²) in [7, 11) is 0. The lowest BCUT2D eigenvalue weighted by atomic mass is 9.83. The Morgan fingerprint density at radius 3 is 2.00 bits per heavy atom. The summed E-state index contributed by atoms with van der Waals surface area (Å²) in [4.78, 5) is 5.23. The quantitative estimate of drug-likeness (QED) is 0.187. The Morgan fingerprint density at radius 1 is 0.465 bits per heavy atom. The van der Waals surface area contributed by atoms with Crippen LogP contribution in [-0.4, -0.2) is 9.38 Å². The molecule has 0 fully saturated rings. The van der Waals surface area contributed by atoms with Gasteiger partial charge in [-0.3, -0.25) is 4.40 Å². The van der Waals surface area contributed by atoms with Crippen molar-refractivity contribution >= 4 is 70.7 Å². The molecule has 7 aromatic carbocycles. The highest BCUT2D eigenvalue weighted by Gasteiger charge is 2.19. The van der Waals surface area contributed by atoms with Gasteiger partial charge in [0.1, 0.15) is 5.65 Å². The summed E-state index contributed by atoms with van der Waals surface area (Å²) < 4.78 is 2.39. The summed E-state index contributed by atoms with van der Waals surface area (Å²) in [5.74, 6) is 0.